The summed E-state index contributed by atoms with van der Waals surface area (Å²) in [5, 5.41) is 19.3. The molecular weight excluding hydrogens is 302 g/mol. The monoisotopic (exact) mass is 317 g/mol. The summed E-state index contributed by atoms with van der Waals surface area (Å²) >= 11 is 1.00. The van der Waals surface area contributed by atoms with Crippen molar-refractivity contribution < 1.29 is 19.8 Å². The summed E-state index contributed by atoms with van der Waals surface area (Å²) in [6.07, 6.45) is 0.779. The summed E-state index contributed by atoms with van der Waals surface area (Å²) in [6.45, 7) is -0.310. The van der Waals surface area contributed by atoms with Gasteiger partial charge >= 0.3 is 5.97 Å². The van der Waals surface area contributed by atoms with E-state index in [1.807, 2.05) is 30.3 Å². The second-order valence-electron chi connectivity index (χ2n) is 5.39. The number of aliphatic hydroxyl groups excluding tert-OH is 1. The molecule has 2 aromatic rings. The fraction of sp³-hybridized carbons (Fsp3) is 0.250. The SMILES string of the molecule is Nc1sc2c(c1C(=O)O)CCC(CO)(c1ccccc1)C2=O. The number of carbonyl (C=O) groups excluding carboxylic acids is 1. The van der Waals surface area contributed by atoms with Crippen LogP contribution >= 0.6 is 11.3 Å². The van der Waals surface area contributed by atoms with Crippen molar-refractivity contribution in [1.82, 2.24) is 0 Å². The zero-order chi connectivity index (χ0) is 15.9. The Morgan fingerprint density at radius 3 is 2.59 bits per heavy atom. The van der Waals surface area contributed by atoms with E-state index in [0.717, 1.165) is 16.9 Å². The number of thiophene rings is 1. The van der Waals surface area contributed by atoms with Crippen LogP contribution in [0.3, 0.4) is 0 Å². The summed E-state index contributed by atoms with van der Waals surface area (Å²) in [4.78, 5) is 24.6. The number of hydrogen-bond donors (Lipinski definition) is 3. The van der Waals surface area contributed by atoms with Gasteiger partial charge in [0.15, 0.2) is 5.78 Å². The number of nitrogens with two attached hydrogens (primary N) is 1. The first kappa shape index (κ1) is 14.7. The van der Waals surface area contributed by atoms with E-state index in [-0.39, 0.29) is 23.0 Å². The van der Waals surface area contributed by atoms with Gasteiger partial charge in [0.1, 0.15) is 5.00 Å². The van der Waals surface area contributed by atoms with Crippen LogP contribution < -0.4 is 5.73 Å². The maximum Gasteiger partial charge on any atom is 0.338 e. The van der Waals surface area contributed by atoms with E-state index < -0.39 is 11.4 Å². The van der Waals surface area contributed by atoms with Crippen molar-refractivity contribution in [3.63, 3.8) is 0 Å². The Morgan fingerprint density at radius 1 is 1.32 bits per heavy atom. The molecule has 0 saturated heterocycles. The number of aromatic carboxylic acids is 1. The van der Waals surface area contributed by atoms with Crippen LogP contribution in [-0.4, -0.2) is 28.6 Å². The Bertz CT molecular complexity index is 753. The third-order valence-electron chi connectivity index (χ3n) is 4.29. The van der Waals surface area contributed by atoms with Crippen LogP contribution in [0.5, 0.6) is 0 Å². The number of rotatable bonds is 3. The van der Waals surface area contributed by atoms with Crippen LogP contribution in [0.25, 0.3) is 0 Å². The molecule has 1 aliphatic carbocycles. The molecule has 114 valence electrons. The van der Waals surface area contributed by atoms with E-state index in [4.69, 9.17) is 5.73 Å². The van der Waals surface area contributed by atoms with E-state index in [1.165, 1.54) is 0 Å². The molecule has 0 saturated carbocycles. The van der Waals surface area contributed by atoms with Crippen molar-refractivity contribution in [2.75, 3.05) is 12.3 Å². The fourth-order valence-electron chi connectivity index (χ4n) is 3.09. The van der Waals surface area contributed by atoms with E-state index in [0.29, 0.717) is 23.3 Å². The fourth-order valence-corrected chi connectivity index (χ4v) is 4.23. The van der Waals surface area contributed by atoms with E-state index >= 15 is 0 Å². The van der Waals surface area contributed by atoms with Gasteiger partial charge in [-0.3, -0.25) is 4.79 Å². The molecule has 0 fully saturated rings. The lowest BCUT2D eigenvalue weighted by Crippen LogP contribution is -2.43. The molecule has 6 heteroatoms. The van der Waals surface area contributed by atoms with E-state index in [9.17, 15) is 19.8 Å². The number of hydrogen-bond acceptors (Lipinski definition) is 5. The van der Waals surface area contributed by atoms with Gasteiger partial charge in [0.05, 0.1) is 22.5 Å². The van der Waals surface area contributed by atoms with Gasteiger partial charge in [-0.05, 0) is 24.0 Å². The molecule has 0 spiro atoms. The number of benzene rings is 1. The highest BCUT2D eigenvalue weighted by Crippen LogP contribution is 2.44. The molecule has 1 heterocycles. The van der Waals surface area contributed by atoms with Gasteiger partial charge in [-0.25, -0.2) is 4.79 Å². The Labute approximate surface area is 131 Å². The van der Waals surface area contributed by atoms with E-state index in [2.05, 4.69) is 0 Å². The summed E-state index contributed by atoms with van der Waals surface area (Å²) in [7, 11) is 0. The number of anilines is 1. The second kappa shape index (κ2) is 5.23. The minimum atomic E-state index is -1.11. The molecule has 0 aliphatic heterocycles. The van der Waals surface area contributed by atoms with Crippen molar-refractivity contribution in [3.8, 4) is 0 Å². The number of Topliss-reactive ketones (excluding diaryl/α,β-unsaturated/α-hetero) is 1. The third-order valence-corrected chi connectivity index (χ3v) is 5.35. The summed E-state index contributed by atoms with van der Waals surface area (Å²) in [5.41, 5.74) is 6.05. The van der Waals surface area contributed by atoms with Gasteiger partial charge in [0.25, 0.3) is 0 Å². The van der Waals surface area contributed by atoms with Crippen molar-refractivity contribution in [1.29, 1.82) is 0 Å². The molecule has 22 heavy (non-hydrogen) atoms. The molecule has 0 amide bonds. The highest BCUT2D eigenvalue weighted by molar-refractivity contribution is 7.18. The number of carboxylic acid groups (broad SMARTS) is 1. The van der Waals surface area contributed by atoms with Gasteiger partial charge in [0.2, 0.25) is 0 Å². The normalized spacial score (nSPS) is 20.7. The number of nitrogen functional groups attached to an aromatic ring is 1. The highest BCUT2D eigenvalue weighted by atomic mass is 32.1. The van der Waals surface area contributed by atoms with Gasteiger partial charge in [-0.2, -0.15) is 0 Å². The Kier molecular flexibility index (Phi) is 3.50. The summed E-state index contributed by atoms with van der Waals surface area (Å²) in [6, 6.07) is 9.11. The smallest absolute Gasteiger partial charge is 0.338 e. The molecule has 0 radical (unpaired) electrons. The standard InChI is InChI=1S/C16H15NO4S/c17-14-11(15(20)21)10-6-7-16(8-18,13(19)12(10)22-14)9-4-2-1-3-5-9/h1-5,18H,6-8,17H2,(H,20,21). The highest BCUT2D eigenvalue weighted by Gasteiger charge is 2.46. The van der Waals surface area contributed by atoms with Crippen LogP contribution in [0.1, 0.15) is 37.6 Å². The molecule has 1 aliphatic rings. The zero-order valence-electron chi connectivity index (χ0n) is 11.7. The lowest BCUT2D eigenvalue weighted by molar-refractivity contribution is 0.0696. The molecule has 1 unspecified atom stereocenters. The molecule has 1 aromatic heterocycles. The minimum Gasteiger partial charge on any atom is -0.478 e. The van der Waals surface area contributed by atoms with Crippen molar-refractivity contribution in [2.24, 2.45) is 0 Å². The van der Waals surface area contributed by atoms with Crippen molar-refractivity contribution in [2.45, 2.75) is 18.3 Å². The quantitative estimate of drug-likeness (QED) is 0.804. The van der Waals surface area contributed by atoms with Crippen LogP contribution in [0.4, 0.5) is 5.00 Å². The molecule has 1 aromatic carbocycles. The topological polar surface area (TPSA) is 101 Å². The maximum absolute atomic E-state index is 13.0. The van der Waals surface area contributed by atoms with Crippen LogP contribution in [-0.2, 0) is 11.8 Å². The number of carboxylic acids is 1. The number of aliphatic hydroxyl groups is 1. The van der Waals surface area contributed by atoms with Gasteiger partial charge in [-0.15, -0.1) is 11.3 Å². The molecule has 5 nitrogen and oxygen atoms in total. The van der Waals surface area contributed by atoms with Crippen LogP contribution in [0.2, 0.25) is 0 Å². The molecule has 1 atom stereocenters. The van der Waals surface area contributed by atoms with E-state index in [1.54, 1.807) is 0 Å². The lowest BCUT2D eigenvalue weighted by Gasteiger charge is -2.34. The van der Waals surface area contributed by atoms with Crippen molar-refractivity contribution >= 4 is 28.1 Å². The predicted octanol–water partition coefficient (Wildman–Crippen LogP) is 2.09. The second-order valence-corrected chi connectivity index (χ2v) is 6.44. The maximum atomic E-state index is 13.0. The summed E-state index contributed by atoms with van der Waals surface area (Å²) < 4.78 is 0. The zero-order valence-corrected chi connectivity index (χ0v) is 12.5. The predicted molar refractivity (Wildman–Crippen MR) is 83.5 cm³/mol. The van der Waals surface area contributed by atoms with Gasteiger partial charge < -0.3 is 15.9 Å². The lowest BCUT2D eigenvalue weighted by atomic mass is 9.69. The Balaban J connectivity index is 2.15. The van der Waals surface area contributed by atoms with Crippen molar-refractivity contribution in [3.05, 3.63) is 51.9 Å². The number of ketones is 1. The number of carbonyl (C=O) groups is 2. The largest absolute Gasteiger partial charge is 0.478 e. The van der Waals surface area contributed by atoms with Gasteiger partial charge in [0, 0.05) is 0 Å². The average Bonchev–Trinajstić information content (AvgIpc) is 2.86. The summed E-state index contributed by atoms with van der Waals surface area (Å²) in [5.74, 6) is -1.36. The Morgan fingerprint density at radius 2 is 2.00 bits per heavy atom. The van der Waals surface area contributed by atoms with Crippen LogP contribution in [0, 0.1) is 0 Å². The van der Waals surface area contributed by atoms with Crippen LogP contribution in [0.15, 0.2) is 30.3 Å². The first-order valence-corrected chi connectivity index (χ1v) is 7.68. The molecule has 3 rings (SSSR count). The molecule has 4 N–H and O–H groups in total. The van der Waals surface area contributed by atoms with Gasteiger partial charge in [-0.1, -0.05) is 30.3 Å². The third kappa shape index (κ3) is 1.95. The first-order valence-electron chi connectivity index (χ1n) is 6.87. The average molecular weight is 317 g/mol. The Hall–Kier alpha value is -2.18. The molecule has 0 bridgehead atoms. The minimum absolute atomic E-state index is 0.0351. The number of fused-ring (bicyclic) bond motifs is 1. The molecular formula is C16H15NO4S. The first-order chi connectivity index (χ1) is 10.5.